The lowest BCUT2D eigenvalue weighted by Gasteiger charge is -2.43. The number of nitrogens with zero attached hydrogens (tertiary/aromatic N) is 2. The van der Waals surface area contributed by atoms with E-state index in [1.807, 2.05) is 42.5 Å². The summed E-state index contributed by atoms with van der Waals surface area (Å²) in [7, 11) is 1.62. The standard InChI is InChI=1S/C29H31ClFN3OS/c1-18-14-26(29(3,4)21-6-11-24(30)25(16-21)35-5)34(23-9-7-22(31)8-10-23)28(19(18)2)36-17-20-12-13-33-27(32)15-20/h6-16,18H,17H2,1-5H3,(H2,32,33). The summed E-state index contributed by atoms with van der Waals surface area (Å²) in [5.74, 6) is 1.82. The molecule has 1 aromatic heterocycles. The van der Waals surface area contributed by atoms with Crippen molar-refractivity contribution in [2.45, 2.75) is 38.9 Å². The molecule has 0 saturated carbocycles. The second-order valence-corrected chi connectivity index (χ2v) is 10.9. The van der Waals surface area contributed by atoms with Crippen molar-refractivity contribution in [3.05, 3.63) is 105 Å². The summed E-state index contributed by atoms with van der Waals surface area (Å²) in [5.41, 5.74) is 10.9. The van der Waals surface area contributed by atoms with Crippen LogP contribution in [0.4, 0.5) is 15.9 Å². The summed E-state index contributed by atoms with van der Waals surface area (Å²) in [5, 5.41) is 1.69. The highest BCUT2D eigenvalue weighted by atomic mass is 35.5. The van der Waals surface area contributed by atoms with E-state index in [1.54, 1.807) is 25.1 Å². The van der Waals surface area contributed by atoms with Gasteiger partial charge >= 0.3 is 0 Å². The van der Waals surface area contributed by atoms with Crippen LogP contribution in [0.15, 0.2) is 83.2 Å². The number of rotatable bonds is 7. The molecule has 4 rings (SSSR count). The van der Waals surface area contributed by atoms with Crippen molar-refractivity contribution in [1.82, 2.24) is 4.98 Å². The van der Waals surface area contributed by atoms with Gasteiger partial charge in [0.1, 0.15) is 17.4 Å². The van der Waals surface area contributed by atoms with E-state index in [2.05, 4.69) is 43.7 Å². The highest BCUT2D eigenvalue weighted by molar-refractivity contribution is 8.02. The van der Waals surface area contributed by atoms with E-state index in [-0.39, 0.29) is 11.7 Å². The van der Waals surface area contributed by atoms with E-state index in [0.29, 0.717) is 16.6 Å². The summed E-state index contributed by atoms with van der Waals surface area (Å²) in [6.45, 7) is 8.76. The number of ether oxygens (including phenoxy) is 1. The molecule has 188 valence electrons. The zero-order valence-corrected chi connectivity index (χ0v) is 22.8. The van der Waals surface area contributed by atoms with Gasteiger partial charge in [-0.3, -0.25) is 0 Å². The van der Waals surface area contributed by atoms with Crippen molar-refractivity contribution in [3.8, 4) is 5.75 Å². The van der Waals surface area contributed by atoms with Crippen LogP contribution in [0.25, 0.3) is 0 Å². The summed E-state index contributed by atoms with van der Waals surface area (Å²) in [4.78, 5) is 6.37. The lowest BCUT2D eigenvalue weighted by atomic mass is 9.77. The summed E-state index contributed by atoms with van der Waals surface area (Å²) < 4.78 is 19.4. The zero-order valence-electron chi connectivity index (χ0n) is 21.2. The molecule has 4 nitrogen and oxygen atoms in total. The number of hydrogen-bond donors (Lipinski definition) is 1. The SMILES string of the molecule is COc1cc(C(C)(C)C2=CC(C)C(C)=C(SCc3ccnc(N)c3)N2c2ccc(F)cc2)ccc1Cl. The van der Waals surface area contributed by atoms with E-state index in [9.17, 15) is 4.39 Å². The minimum absolute atomic E-state index is 0.218. The average molecular weight is 524 g/mol. The van der Waals surface area contributed by atoms with Gasteiger partial charge in [0.05, 0.1) is 17.2 Å². The number of thioether (sulfide) groups is 1. The topological polar surface area (TPSA) is 51.4 Å². The van der Waals surface area contributed by atoms with Crippen LogP contribution in [0.5, 0.6) is 5.75 Å². The summed E-state index contributed by atoms with van der Waals surface area (Å²) in [6.07, 6.45) is 4.03. The first-order chi connectivity index (χ1) is 17.1. The molecule has 0 bridgehead atoms. The molecule has 7 heteroatoms. The fourth-order valence-electron chi connectivity index (χ4n) is 4.36. The predicted molar refractivity (Wildman–Crippen MR) is 150 cm³/mol. The number of halogens is 2. The van der Waals surface area contributed by atoms with Crippen LogP contribution in [-0.2, 0) is 11.2 Å². The number of anilines is 2. The van der Waals surface area contributed by atoms with Crippen LogP contribution in [0.3, 0.4) is 0 Å². The van der Waals surface area contributed by atoms with Crippen LogP contribution in [0.1, 0.15) is 38.8 Å². The molecule has 3 aromatic rings. The number of pyridine rings is 1. The van der Waals surface area contributed by atoms with Crippen molar-refractivity contribution in [2.24, 2.45) is 5.92 Å². The van der Waals surface area contributed by atoms with Gasteiger partial charge < -0.3 is 15.4 Å². The Kier molecular flexibility index (Phi) is 7.67. The van der Waals surface area contributed by atoms with Gasteiger partial charge in [0.25, 0.3) is 0 Å². The molecule has 0 spiro atoms. The van der Waals surface area contributed by atoms with E-state index in [0.717, 1.165) is 33.3 Å². The van der Waals surface area contributed by atoms with Crippen molar-refractivity contribution >= 4 is 34.9 Å². The molecule has 2 N–H and O–H groups in total. The largest absolute Gasteiger partial charge is 0.495 e. The van der Waals surface area contributed by atoms with Gasteiger partial charge in [0.2, 0.25) is 0 Å². The monoisotopic (exact) mass is 523 g/mol. The fraction of sp³-hybridized carbons (Fsp3) is 0.276. The van der Waals surface area contributed by atoms with Crippen LogP contribution >= 0.6 is 23.4 Å². The van der Waals surface area contributed by atoms with Gasteiger partial charge in [-0.25, -0.2) is 9.37 Å². The molecule has 36 heavy (non-hydrogen) atoms. The quantitative estimate of drug-likeness (QED) is 0.340. The van der Waals surface area contributed by atoms with Crippen molar-refractivity contribution in [1.29, 1.82) is 0 Å². The first kappa shape index (κ1) is 26.1. The number of aromatic nitrogens is 1. The van der Waals surface area contributed by atoms with E-state index < -0.39 is 5.41 Å². The van der Waals surface area contributed by atoms with Crippen LogP contribution < -0.4 is 15.4 Å². The van der Waals surface area contributed by atoms with Gasteiger partial charge in [-0.1, -0.05) is 44.5 Å². The number of hydrogen-bond acceptors (Lipinski definition) is 5. The molecular formula is C29H31ClFN3OS. The molecular weight excluding hydrogens is 493 g/mol. The molecule has 1 aliphatic heterocycles. The zero-order chi connectivity index (χ0) is 26.0. The Morgan fingerprint density at radius 1 is 1.14 bits per heavy atom. The highest BCUT2D eigenvalue weighted by Crippen LogP contribution is 2.47. The van der Waals surface area contributed by atoms with Gasteiger partial charge in [-0.15, -0.1) is 11.8 Å². The predicted octanol–water partition coefficient (Wildman–Crippen LogP) is 7.95. The maximum atomic E-state index is 13.9. The van der Waals surface area contributed by atoms with Gasteiger partial charge in [0, 0.05) is 28.7 Å². The number of methoxy groups -OCH3 is 1. The Morgan fingerprint density at radius 3 is 2.53 bits per heavy atom. The minimum atomic E-state index is -0.409. The Bertz CT molecular complexity index is 1320. The van der Waals surface area contributed by atoms with E-state index in [4.69, 9.17) is 22.1 Å². The molecule has 1 aliphatic rings. The summed E-state index contributed by atoms with van der Waals surface area (Å²) >= 11 is 8.08. The Hall–Kier alpha value is -2.96. The molecule has 1 atom stereocenters. The van der Waals surface area contributed by atoms with Gasteiger partial charge in [-0.2, -0.15) is 0 Å². The van der Waals surface area contributed by atoms with Gasteiger partial charge in [0.15, 0.2) is 0 Å². The Labute approximate surface area is 222 Å². The third-order valence-electron chi connectivity index (χ3n) is 6.69. The third-order valence-corrected chi connectivity index (χ3v) is 8.26. The van der Waals surface area contributed by atoms with E-state index >= 15 is 0 Å². The van der Waals surface area contributed by atoms with Crippen molar-refractivity contribution in [2.75, 3.05) is 17.7 Å². The molecule has 1 unspecified atom stereocenters. The maximum Gasteiger partial charge on any atom is 0.137 e. The second-order valence-electron chi connectivity index (χ2n) is 9.49. The molecule has 0 radical (unpaired) electrons. The summed E-state index contributed by atoms with van der Waals surface area (Å²) in [6, 6.07) is 16.5. The number of benzene rings is 2. The van der Waals surface area contributed by atoms with Crippen LogP contribution in [0.2, 0.25) is 5.02 Å². The lowest BCUT2D eigenvalue weighted by Crippen LogP contribution is -2.37. The first-order valence-corrected chi connectivity index (χ1v) is 13.1. The number of nitrogens with two attached hydrogens (primary N) is 1. The smallest absolute Gasteiger partial charge is 0.137 e. The minimum Gasteiger partial charge on any atom is -0.495 e. The number of allylic oxidation sites excluding steroid dienone is 3. The third kappa shape index (κ3) is 5.25. The lowest BCUT2D eigenvalue weighted by molar-refractivity contribution is 0.413. The fourth-order valence-corrected chi connectivity index (χ4v) is 5.79. The van der Waals surface area contributed by atoms with Crippen molar-refractivity contribution < 1.29 is 9.13 Å². The van der Waals surface area contributed by atoms with Crippen molar-refractivity contribution in [3.63, 3.8) is 0 Å². The molecule has 0 fully saturated rings. The molecule has 0 amide bonds. The maximum absolute atomic E-state index is 13.9. The van der Waals surface area contributed by atoms with Crippen LogP contribution in [0, 0.1) is 11.7 Å². The van der Waals surface area contributed by atoms with Crippen LogP contribution in [-0.4, -0.2) is 12.1 Å². The molecule has 2 heterocycles. The average Bonchev–Trinajstić information content (AvgIpc) is 2.85. The first-order valence-electron chi connectivity index (χ1n) is 11.8. The molecule has 2 aromatic carbocycles. The normalized spacial score (nSPS) is 16.2. The Balaban J connectivity index is 1.81. The van der Waals surface area contributed by atoms with Gasteiger partial charge in [-0.05, 0) is 78.1 Å². The Morgan fingerprint density at radius 2 is 1.86 bits per heavy atom. The van der Waals surface area contributed by atoms with E-state index in [1.165, 1.54) is 17.7 Å². The highest BCUT2D eigenvalue weighted by Gasteiger charge is 2.36. The second kappa shape index (κ2) is 10.6. The molecule has 0 saturated heterocycles. The molecule has 0 aliphatic carbocycles. The number of nitrogen functional groups attached to an aromatic ring is 1.